The Morgan fingerprint density at radius 3 is 2.75 bits per heavy atom. The van der Waals surface area contributed by atoms with Gasteiger partial charge in [-0.15, -0.1) is 0 Å². The number of hydrogen-bond donors (Lipinski definition) is 2. The van der Waals surface area contributed by atoms with Crippen LogP contribution in [0.3, 0.4) is 0 Å². The topological polar surface area (TPSA) is 72.3 Å². The summed E-state index contributed by atoms with van der Waals surface area (Å²) in [7, 11) is 0. The Balaban J connectivity index is 2.25. The van der Waals surface area contributed by atoms with E-state index < -0.39 is 0 Å². The molecule has 20 heavy (non-hydrogen) atoms. The van der Waals surface area contributed by atoms with E-state index in [0.29, 0.717) is 6.54 Å². The Hall–Kier alpha value is -1.10. The highest BCUT2D eigenvalue weighted by atomic mass is 35.5. The van der Waals surface area contributed by atoms with Gasteiger partial charge in [-0.25, -0.2) is 0 Å². The Morgan fingerprint density at radius 1 is 1.45 bits per heavy atom. The number of amides is 1. The van der Waals surface area contributed by atoms with Crippen molar-refractivity contribution >= 4 is 17.5 Å². The lowest BCUT2D eigenvalue weighted by Gasteiger charge is -2.39. The number of nitrogens with two attached hydrogens (primary N) is 2. The molecule has 1 fully saturated rings. The second-order valence-electron chi connectivity index (χ2n) is 5.56. The van der Waals surface area contributed by atoms with Crippen LogP contribution < -0.4 is 11.5 Å². The summed E-state index contributed by atoms with van der Waals surface area (Å²) >= 11 is 6.31. The van der Waals surface area contributed by atoms with Crippen molar-refractivity contribution in [2.24, 2.45) is 17.4 Å². The first-order valence-electron chi connectivity index (χ1n) is 7.04. The number of hydrogen-bond acceptors (Lipinski definition) is 3. The summed E-state index contributed by atoms with van der Waals surface area (Å²) in [5, 5.41) is 0.719. The van der Waals surface area contributed by atoms with Crippen LogP contribution in [0, 0.1) is 5.92 Å². The standard InChI is InChI=1S/C15H22ClN3O/c1-10(17)14(12-6-2-3-7-13(12)16)19-8-4-5-11(9-19)15(18)20/h2-3,6-7,10-11,14H,4-5,8-9,17H2,1H3,(H2,18,20). The van der Waals surface area contributed by atoms with E-state index in [-0.39, 0.29) is 23.9 Å². The average Bonchev–Trinajstić information content (AvgIpc) is 2.41. The van der Waals surface area contributed by atoms with E-state index in [0.717, 1.165) is 30.0 Å². The van der Waals surface area contributed by atoms with Crippen LogP contribution in [0.15, 0.2) is 24.3 Å². The van der Waals surface area contributed by atoms with Gasteiger partial charge in [0, 0.05) is 17.6 Å². The molecule has 1 amide bonds. The van der Waals surface area contributed by atoms with Gasteiger partial charge >= 0.3 is 0 Å². The van der Waals surface area contributed by atoms with Gasteiger partial charge in [-0.1, -0.05) is 29.8 Å². The van der Waals surface area contributed by atoms with Crippen molar-refractivity contribution in [1.82, 2.24) is 4.90 Å². The van der Waals surface area contributed by atoms with E-state index in [2.05, 4.69) is 4.90 Å². The Morgan fingerprint density at radius 2 is 2.15 bits per heavy atom. The highest BCUT2D eigenvalue weighted by molar-refractivity contribution is 6.31. The molecule has 1 heterocycles. The SMILES string of the molecule is CC(N)C(c1ccccc1Cl)N1CCCC(C(N)=O)C1. The molecule has 0 saturated carbocycles. The van der Waals surface area contributed by atoms with Gasteiger partial charge in [0.25, 0.3) is 0 Å². The number of carbonyl (C=O) groups excluding carboxylic acids is 1. The minimum absolute atomic E-state index is 0.0193. The van der Waals surface area contributed by atoms with Crippen LogP contribution in [-0.2, 0) is 4.79 Å². The van der Waals surface area contributed by atoms with Gasteiger partial charge in [0.1, 0.15) is 0 Å². The lowest BCUT2D eigenvalue weighted by Crippen LogP contribution is -2.47. The number of rotatable bonds is 4. The zero-order valence-electron chi connectivity index (χ0n) is 11.8. The van der Waals surface area contributed by atoms with Gasteiger partial charge in [0.15, 0.2) is 0 Å². The maximum atomic E-state index is 11.4. The van der Waals surface area contributed by atoms with Gasteiger partial charge in [-0.2, -0.15) is 0 Å². The zero-order valence-corrected chi connectivity index (χ0v) is 12.5. The number of piperidine rings is 1. The monoisotopic (exact) mass is 295 g/mol. The van der Waals surface area contributed by atoms with Crippen LogP contribution in [0.5, 0.6) is 0 Å². The van der Waals surface area contributed by atoms with Gasteiger partial charge in [0.2, 0.25) is 5.91 Å². The Bertz CT molecular complexity index is 478. The van der Waals surface area contributed by atoms with E-state index in [4.69, 9.17) is 23.1 Å². The molecule has 1 aliphatic rings. The first-order valence-corrected chi connectivity index (χ1v) is 7.42. The lowest BCUT2D eigenvalue weighted by molar-refractivity contribution is -0.123. The molecule has 1 aliphatic heterocycles. The zero-order chi connectivity index (χ0) is 14.7. The van der Waals surface area contributed by atoms with Crippen LogP contribution in [0.25, 0.3) is 0 Å². The quantitative estimate of drug-likeness (QED) is 0.891. The highest BCUT2D eigenvalue weighted by Gasteiger charge is 2.32. The molecule has 1 aromatic carbocycles. The largest absolute Gasteiger partial charge is 0.369 e. The molecule has 0 aliphatic carbocycles. The van der Waals surface area contributed by atoms with Crippen LogP contribution in [0.1, 0.15) is 31.4 Å². The maximum Gasteiger partial charge on any atom is 0.221 e. The summed E-state index contributed by atoms with van der Waals surface area (Å²) in [5.41, 5.74) is 12.6. The van der Waals surface area contributed by atoms with Gasteiger partial charge in [-0.3, -0.25) is 9.69 Å². The summed E-state index contributed by atoms with van der Waals surface area (Å²) in [6.07, 6.45) is 1.82. The molecular weight excluding hydrogens is 274 g/mol. The summed E-state index contributed by atoms with van der Waals surface area (Å²) < 4.78 is 0. The highest BCUT2D eigenvalue weighted by Crippen LogP contribution is 2.32. The van der Waals surface area contributed by atoms with Gasteiger partial charge in [0.05, 0.1) is 12.0 Å². The molecule has 110 valence electrons. The lowest BCUT2D eigenvalue weighted by atomic mass is 9.92. The molecule has 0 spiro atoms. The molecular formula is C15H22ClN3O. The molecule has 0 radical (unpaired) electrons. The number of nitrogens with zero attached hydrogens (tertiary/aromatic N) is 1. The Labute approximate surface area is 125 Å². The smallest absolute Gasteiger partial charge is 0.221 e. The van der Waals surface area contributed by atoms with Crippen molar-refractivity contribution < 1.29 is 4.79 Å². The van der Waals surface area contributed by atoms with E-state index >= 15 is 0 Å². The number of primary amides is 1. The molecule has 4 nitrogen and oxygen atoms in total. The van der Waals surface area contributed by atoms with E-state index in [1.807, 2.05) is 31.2 Å². The fourth-order valence-electron chi connectivity index (χ4n) is 3.02. The molecule has 0 bridgehead atoms. The van der Waals surface area contributed by atoms with Crippen LogP contribution in [0.2, 0.25) is 5.02 Å². The first-order chi connectivity index (χ1) is 9.50. The van der Waals surface area contributed by atoms with Crippen LogP contribution in [-0.4, -0.2) is 29.9 Å². The van der Waals surface area contributed by atoms with Gasteiger partial charge < -0.3 is 11.5 Å². The van der Waals surface area contributed by atoms with Gasteiger partial charge in [-0.05, 0) is 37.9 Å². The second kappa shape index (κ2) is 6.57. The third kappa shape index (κ3) is 3.32. The average molecular weight is 296 g/mol. The van der Waals surface area contributed by atoms with Crippen molar-refractivity contribution in [2.45, 2.75) is 31.8 Å². The van der Waals surface area contributed by atoms with Crippen LogP contribution >= 0.6 is 11.6 Å². The molecule has 2 rings (SSSR count). The number of benzene rings is 1. The molecule has 4 N–H and O–H groups in total. The second-order valence-corrected chi connectivity index (χ2v) is 5.97. The normalized spacial score (nSPS) is 23.2. The minimum Gasteiger partial charge on any atom is -0.369 e. The maximum absolute atomic E-state index is 11.4. The summed E-state index contributed by atoms with van der Waals surface area (Å²) in [6.45, 7) is 3.55. The first kappa shape index (κ1) is 15.3. The molecule has 0 aromatic heterocycles. The minimum atomic E-state index is -0.225. The number of likely N-dealkylation sites (tertiary alicyclic amines) is 1. The fraction of sp³-hybridized carbons (Fsp3) is 0.533. The molecule has 1 saturated heterocycles. The van der Waals surface area contributed by atoms with Crippen molar-refractivity contribution in [3.8, 4) is 0 Å². The van der Waals surface area contributed by atoms with Crippen molar-refractivity contribution in [3.05, 3.63) is 34.9 Å². The van der Waals surface area contributed by atoms with Crippen LogP contribution in [0.4, 0.5) is 0 Å². The summed E-state index contributed by atoms with van der Waals surface area (Å²) in [5.74, 6) is -0.315. The molecule has 5 heteroatoms. The number of carbonyl (C=O) groups is 1. The third-order valence-electron chi connectivity index (χ3n) is 3.97. The van der Waals surface area contributed by atoms with Crippen molar-refractivity contribution in [3.63, 3.8) is 0 Å². The number of halogens is 1. The third-order valence-corrected chi connectivity index (χ3v) is 4.31. The molecule has 3 unspecified atom stereocenters. The predicted octanol–water partition coefficient (Wildman–Crippen LogP) is 1.93. The fourth-order valence-corrected chi connectivity index (χ4v) is 3.27. The Kier molecular flexibility index (Phi) is 5.02. The molecule has 3 atom stereocenters. The van der Waals surface area contributed by atoms with E-state index in [1.54, 1.807) is 0 Å². The predicted molar refractivity (Wildman–Crippen MR) is 81.3 cm³/mol. The van der Waals surface area contributed by atoms with E-state index in [1.165, 1.54) is 0 Å². The summed E-state index contributed by atoms with van der Waals surface area (Å²) in [4.78, 5) is 13.7. The van der Waals surface area contributed by atoms with E-state index in [9.17, 15) is 4.79 Å². The molecule has 1 aromatic rings. The van der Waals surface area contributed by atoms with Crippen molar-refractivity contribution in [1.29, 1.82) is 0 Å². The van der Waals surface area contributed by atoms with Crippen molar-refractivity contribution in [2.75, 3.05) is 13.1 Å². The summed E-state index contributed by atoms with van der Waals surface area (Å²) in [6, 6.07) is 7.71.